The Morgan fingerprint density at radius 2 is 2.00 bits per heavy atom. The van der Waals surface area contributed by atoms with Crippen LogP contribution < -0.4 is 5.32 Å². The molecule has 17 heavy (non-hydrogen) atoms. The van der Waals surface area contributed by atoms with Crippen molar-refractivity contribution in [3.63, 3.8) is 0 Å². The Morgan fingerprint density at radius 3 is 2.71 bits per heavy atom. The molecule has 3 rings (SSSR count). The molecule has 1 atom stereocenters. The minimum atomic E-state index is 0.732. The predicted octanol–water partition coefficient (Wildman–Crippen LogP) is 2.52. The summed E-state index contributed by atoms with van der Waals surface area (Å²) in [6.07, 6.45) is 2.85. The minimum Gasteiger partial charge on any atom is -0.311 e. The van der Waals surface area contributed by atoms with Gasteiger partial charge in [-0.15, -0.1) is 0 Å². The Bertz CT molecular complexity index is 372. The van der Waals surface area contributed by atoms with Gasteiger partial charge in [0.2, 0.25) is 0 Å². The van der Waals surface area contributed by atoms with Gasteiger partial charge in [-0.1, -0.05) is 23.7 Å². The van der Waals surface area contributed by atoms with Crippen LogP contribution in [0.15, 0.2) is 24.3 Å². The van der Waals surface area contributed by atoms with Crippen LogP contribution in [0.2, 0.25) is 5.02 Å². The average molecular weight is 251 g/mol. The van der Waals surface area contributed by atoms with Gasteiger partial charge in [0.15, 0.2) is 0 Å². The molecule has 0 radical (unpaired) electrons. The molecule has 2 aliphatic rings. The van der Waals surface area contributed by atoms with Crippen LogP contribution in [0.25, 0.3) is 0 Å². The highest BCUT2D eigenvalue weighted by Crippen LogP contribution is 2.33. The Hall–Kier alpha value is -0.570. The maximum atomic E-state index is 5.90. The zero-order chi connectivity index (χ0) is 11.7. The van der Waals surface area contributed by atoms with Crippen molar-refractivity contribution in [2.24, 2.45) is 5.92 Å². The molecule has 1 saturated carbocycles. The van der Waals surface area contributed by atoms with Crippen molar-refractivity contribution in [2.45, 2.75) is 25.4 Å². The maximum Gasteiger partial charge on any atom is 0.0406 e. The fourth-order valence-electron chi connectivity index (χ4n) is 2.65. The number of halogens is 1. The average Bonchev–Trinajstić information content (AvgIpc) is 3.17. The molecular formula is C14H19ClN2. The van der Waals surface area contributed by atoms with E-state index in [4.69, 9.17) is 11.6 Å². The van der Waals surface area contributed by atoms with E-state index in [0.29, 0.717) is 0 Å². The highest BCUT2D eigenvalue weighted by molar-refractivity contribution is 6.30. The lowest BCUT2D eigenvalue weighted by Gasteiger charge is -2.33. The van der Waals surface area contributed by atoms with Gasteiger partial charge in [0, 0.05) is 37.2 Å². The fraction of sp³-hybridized carbons (Fsp3) is 0.571. The number of hydrogen-bond acceptors (Lipinski definition) is 2. The van der Waals surface area contributed by atoms with Crippen LogP contribution in [0.4, 0.5) is 0 Å². The minimum absolute atomic E-state index is 0.732. The van der Waals surface area contributed by atoms with E-state index in [1.807, 2.05) is 12.1 Å². The van der Waals surface area contributed by atoms with Crippen LogP contribution in [0.3, 0.4) is 0 Å². The van der Waals surface area contributed by atoms with Crippen LogP contribution in [-0.2, 0) is 6.54 Å². The van der Waals surface area contributed by atoms with Gasteiger partial charge >= 0.3 is 0 Å². The molecule has 0 bridgehead atoms. The van der Waals surface area contributed by atoms with E-state index >= 15 is 0 Å². The van der Waals surface area contributed by atoms with Crippen LogP contribution >= 0.6 is 11.6 Å². The number of piperazine rings is 1. The zero-order valence-electron chi connectivity index (χ0n) is 10.0. The Labute approximate surface area is 108 Å². The second-order valence-electron chi connectivity index (χ2n) is 5.26. The summed E-state index contributed by atoms with van der Waals surface area (Å²) < 4.78 is 0. The lowest BCUT2D eigenvalue weighted by Crippen LogP contribution is -2.51. The molecule has 1 unspecified atom stereocenters. The summed E-state index contributed by atoms with van der Waals surface area (Å²) in [6.45, 7) is 4.55. The van der Waals surface area contributed by atoms with Crippen LogP contribution in [-0.4, -0.2) is 30.6 Å². The van der Waals surface area contributed by atoms with E-state index in [1.165, 1.54) is 24.9 Å². The molecule has 0 aromatic heterocycles. The van der Waals surface area contributed by atoms with Gasteiger partial charge < -0.3 is 5.32 Å². The number of rotatable bonds is 3. The van der Waals surface area contributed by atoms with Crippen LogP contribution in [0, 0.1) is 5.92 Å². The topological polar surface area (TPSA) is 15.3 Å². The fourth-order valence-corrected chi connectivity index (χ4v) is 2.77. The maximum absolute atomic E-state index is 5.90. The van der Waals surface area contributed by atoms with Crippen LogP contribution in [0.5, 0.6) is 0 Å². The van der Waals surface area contributed by atoms with Crippen molar-refractivity contribution in [1.82, 2.24) is 10.2 Å². The second kappa shape index (κ2) is 4.97. The predicted molar refractivity (Wildman–Crippen MR) is 71.2 cm³/mol. The van der Waals surface area contributed by atoms with Crippen molar-refractivity contribution >= 4 is 11.6 Å². The lowest BCUT2D eigenvalue weighted by atomic mass is 10.1. The Balaban J connectivity index is 1.58. The van der Waals surface area contributed by atoms with Crippen molar-refractivity contribution in [2.75, 3.05) is 19.6 Å². The van der Waals surface area contributed by atoms with Gasteiger partial charge in [-0.05, 0) is 36.5 Å². The molecular weight excluding hydrogens is 232 g/mol. The van der Waals surface area contributed by atoms with E-state index in [0.717, 1.165) is 36.6 Å². The summed E-state index contributed by atoms with van der Waals surface area (Å²) in [5.41, 5.74) is 1.37. The summed E-state index contributed by atoms with van der Waals surface area (Å²) in [5, 5.41) is 4.47. The van der Waals surface area contributed by atoms with Gasteiger partial charge in [-0.2, -0.15) is 0 Å². The third kappa shape index (κ3) is 3.01. The normalized spacial score (nSPS) is 26.1. The molecule has 2 nitrogen and oxygen atoms in total. The summed E-state index contributed by atoms with van der Waals surface area (Å²) in [4.78, 5) is 2.56. The van der Waals surface area contributed by atoms with Crippen molar-refractivity contribution in [1.29, 1.82) is 0 Å². The van der Waals surface area contributed by atoms with Gasteiger partial charge in [0.1, 0.15) is 0 Å². The summed E-state index contributed by atoms with van der Waals surface area (Å²) in [5.74, 6) is 0.947. The van der Waals surface area contributed by atoms with Crippen molar-refractivity contribution < 1.29 is 0 Å². The molecule has 0 spiro atoms. The highest BCUT2D eigenvalue weighted by Gasteiger charge is 2.33. The highest BCUT2D eigenvalue weighted by atomic mass is 35.5. The van der Waals surface area contributed by atoms with Gasteiger partial charge in [0.05, 0.1) is 0 Å². The molecule has 3 heteroatoms. The summed E-state index contributed by atoms with van der Waals surface area (Å²) in [7, 11) is 0. The van der Waals surface area contributed by atoms with Crippen LogP contribution in [0.1, 0.15) is 18.4 Å². The molecule has 92 valence electrons. The first-order chi connectivity index (χ1) is 8.31. The van der Waals surface area contributed by atoms with Crippen molar-refractivity contribution in [3.8, 4) is 0 Å². The van der Waals surface area contributed by atoms with Crippen molar-refractivity contribution in [3.05, 3.63) is 34.9 Å². The first-order valence-corrected chi connectivity index (χ1v) is 6.89. The number of nitrogens with zero attached hydrogens (tertiary/aromatic N) is 1. The Kier molecular flexibility index (Phi) is 3.37. The van der Waals surface area contributed by atoms with E-state index in [1.54, 1.807) is 0 Å². The molecule has 1 saturated heterocycles. The Morgan fingerprint density at radius 1 is 1.24 bits per heavy atom. The number of hydrogen-bond donors (Lipinski definition) is 1. The molecule has 1 aromatic carbocycles. The number of benzene rings is 1. The van der Waals surface area contributed by atoms with E-state index < -0.39 is 0 Å². The van der Waals surface area contributed by atoms with E-state index in [2.05, 4.69) is 22.3 Å². The molecule has 0 amide bonds. The third-order valence-electron chi connectivity index (χ3n) is 3.80. The third-order valence-corrected chi connectivity index (χ3v) is 4.05. The zero-order valence-corrected chi connectivity index (χ0v) is 10.8. The first-order valence-electron chi connectivity index (χ1n) is 6.51. The van der Waals surface area contributed by atoms with E-state index in [9.17, 15) is 0 Å². The standard InChI is InChI=1S/C14H19ClN2/c15-13-5-1-11(2-6-13)9-17-8-7-16-14(10-17)12-3-4-12/h1-2,5-6,12,14,16H,3-4,7-10H2. The molecule has 1 heterocycles. The monoisotopic (exact) mass is 250 g/mol. The molecule has 2 fully saturated rings. The first kappa shape index (κ1) is 11.5. The summed E-state index contributed by atoms with van der Waals surface area (Å²) in [6, 6.07) is 8.97. The molecule has 1 aliphatic carbocycles. The smallest absolute Gasteiger partial charge is 0.0406 e. The SMILES string of the molecule is Clc1ccc(CN2CCNC(C3CC3)C2)cc1. The summed E-state index contributed by atoms with van der Waals surface area (Å²) >= 11 is 5.90. The molecule has 1 aliphatic heterocycles. The molecule has 1 aromatic rings. The van der Waals surface area contributed by atoms with E-state index in [-0.39, 0.29) is 0 Å². The second-order valence-corrected chi connectivity index (χ2v) is 5.70. The van der Waals surface area contributed by atoms with Gasteiger partial charge in [-0.3, -0.25) is 4.90 Å². The quantitative estimate of drug-likeness (QED) is 0.887. The largest absolute Gasteiger partial charge is 0.311 e. The van der Waals surface area contributed by atoms with Gasteiger partial charge in [-0.25, -0.2) is 0 Å². The molecule has 1 N–H and O–H groups in total. The lowest BCUT2D eigenvalue weighted by molar-refractivity contribution is 0.181. The number of nitrogens with one attached hydrogen (secondary N) is 1. The van der Waals surface area contributed by atoms with Gasteiger partial charge in [0.25, 0.3) is 0 Å².